The lowest BCUT2D eigenvalue weighted by Gasteiger charge is -2.36. The SMILES string of the molecule is COC(=O)[C@@H]1Cc2cc3c(cc2CN1C(=O)OC(C)(C)C)O[C@@H](c1ccc(O)cc1)CN(C)C3. The molecule has 182 valence electrons. The van der Waals surface area contributed by atoms with Gasteiger partial charge in [0.15, 0.2) is 0 Å². The Bertz CT molecular complexity index is 1080. The van der Waals surface area contributed by atoms with E-state index in [9.17, 15) is 14.7 Å². The minimum Gasteiger partial charge on any atom is -0.508 e. The number of fused-ring (bicyclic) bond motifs is 2. The molecule has 4 rings (SSSR count). The largest absolute Gasteiger partial charge is 0.508 e. The third kappa shape index (κ3) is 5.12. The molecular formula is C26H32N2O6. The van der Waals surface area contributed by atoms with Gasteiger partial charge in [-0.1, -0.05) is 18.2 Å². The van der Waals surface area contributed by atoms with E-state index in [2.05, 4.69) is 11.0 Å². The first-order chi connectivity index (χ1) is 16.0. The number of likely N-dealkylation sites (N-methyl/N-ethyl adjacent to an activating group) is 1. The summed E-state index contributed by atoms with van der Waals surface area (Å²) >= 11 is 0. The molecule has 0 spiro atoms. The number of benzene rings is 2. The average Bonchev–Trinajstić information content (AvgIpc) is 2.92. The Morgan fingerprint density at radius 3 is 2.41 bits per heavy atom. The quantitative estimate of drug-likeness (QED) is 0.671. The number of rotatable bonds is 2. The molecular weight excluding hydrogens is 436 g/mol. The van der Waals surface area contributed by atoms with Gasteiger partial charge in [-0.05, 0) is 62.7 Å². The molecule has 0 unspecified atom stereocenters. The molecule has 1 amide bonds. The topological polar surface area (TPSA) is 88.5 Å². The molecule has 2 aromatic rings. The number of phenols is 1. The standard InChI is InChI=1S/C26H32N2O6/c1-26(2,3)34-25(31)28-14-18-12-22-19(10-17(18)11-21(28)24(30)32-5)13-27(4)15-23(33-22)16-6-8-20(29)9-7-16/h6-10,12,21,23,29H,11,13-15H2,1-5H3/t21-,23+/m0/s1. The van der Waals surface area contributed by atoms with Crippen LogP contribution in [0.25, 0.3) is 0 Å². The molecule has 2 aromatic carbocycles. The normalized spacial score (nSPS) is 20.4. The zero-order valence-electron chi connectivity index (χ0n) is 20.3. The number of carbonyl (C=O) groups excluding carboxylic acids is 2. The summed E-state index contributed by atoms with van der Waals surface area (Å²) in [7, 11) is 3.36. The van der Waals surface area contributed by atoms with E-state index in [0.717, 1.165) is 28.0 Å². The predicted molar refractivity (Wildman–Crippen MR) is 126 cm³/mol. The number of carbonyl (C=O) groups is 2. The van der Waals surface area contributed by atoms with Crippen molar-refractivity contribution in [2.24, 2.45) is 0 Å². The second-order valence-electron chi connectivity index (χ2n) is 9.97. The van der Waals surface area contributed by atoms with Gasteiger partial charge in [-0.3, -0.25) is 9.80 Å². The summed E-state index contributed by atoms with van der Waals surface area (Å²) in [4.78, 5) is 29.1. The fourth-order valence-electron chi connectivity index (χ4n) is 4.45. The minimum absolute atomic E-state index is 0.210. The molecule has 8 nitrogen and oxygen atoms in total. The van der Waals surface area contributed by atoms with Gasteiger partial charge >= 0.3 is 12.1 Å². The second-order valence-corrected chi connectivity index (χ2v) is 9.97. The van der Waals surface area contributed by atoms with Crippen molar-refractivity contribution in [3.8, 4) is 11.5 Å². The van der Waals surface area contributed by atoms with Crippen LogP contribution in [0, 0.1) is 0 Å². The molecule has 2 aliphatic heterocycles. The highest BCUT2D eigenvalue weighted by molar-refractivity contribution is 5.82. The number of ether oxygens (including phenoxy) is 3. The van der Waals surface area contributed by atoms with E-state index in [-0.39, 0.29) is 18.4 Å². The highest BCUT2D eigenvalue weighted by Crippen LogP contribution is 2.36. The van der Waals surface area contributed by atoms with Crippen LogP contribution >= 0.6 is 0 Å². The molecule has 2 aliphatic rings. The molecule has 1 N–H and O–H groups in total. The fraction of sp³-hybridized carbons (Fsp3) is 0.462. The van der Waals surface area contributed by atoms with Crippen molar-refractivity contribution in [1.82, 2.24) is 9.80 Å². The Morgan fingerprint density at radius 1 is 1.06 bits per heavy atom. The van der Waals surface area contributed by atoms with Crippen molar-refractivity contribution in [1.29, 1.82) is 0 Å². The van der Waals surface area contributed by atoms with Crippen LogP contribution in [0.2, 0.25) is 0 Å². The van der Waals surface area contributed by atoms with E-state index in [1.807, 2.05) is 25.2 Å². The highest BCUT2D eigenvalue weighted by Gasteiger charge is 2.38. The first-order valence-corrected chi connectivity index (χ1v) is 11.4. The molecule has 0 fully saturated rings. The van der Waals surface area contributed by atoms with E-state index in [4.69, 9.17) is 14.2 Å². The summed E-state index contributed by atoms with van der Waals surface area (Å²) in [6.07, 6.45) is -0.413. The Balaban J connectivity index is 1.67. The Kier molecular flexibility index (Phi) is 6.45. The second kappa shape index (κ2) is 9.18. The van der Waals surface area contributed by atoms with Gasteiger partial charge in [-0.15, -0.1) is 0 Å². The van der Waals surface area contributed by atoms with Crippen LogP contribution in [0.15, 0.2) is 36.4 Å². The van der Waals surface area contributed by atoms with Gasteiger partial charge in [-0.2, -0.15) is 0 Å². The molecule has 0 aliphatic carbocycles. The zero-order chi connectivity index (χ0) is 24.6. The lowest BCUT2D eigenvalue weighted by atomic mass is 9.92. The van der Waals surface area contributed by atoms with Gasteiger partial charge in [-0.25, -0.2) is 9.59 Å². The summed E-state index contributed by atoms with van der Waals surface area (Å²) in [6.45, 7) is 6.98. The third-order valence-electron chi connectivity index (χ3n) is 6.07. The van der Waals surface area contributed by atoms with Crippen molar-refractivity contribution >= 4 is 12.1 Å². The van der Waals surface area contributed by atoms with Crippen LogP contribution in [-0.2, 0) is 33.8 Å². The lowest BCUT2D eigenvalue weighted by Crippen LogP contribution is -2.50. The number of esters is 1. The number of nitrogens with zero attached hydrogens (tertiary/aromatic N) is 2. The van der Waals surface area contributed by atoms with Crippen molar-refractivity contribution in [3.05, 3.63) is 58.7 Å². The smallest absolute Gasteiger partial charge is 0.411 e. The van der Waals surface area contributed by atoms with Crippen molar-refractivity contribution < 1.29 is 28.9 Å². The fourth-order valence-corrected chi connectivity index (χ4v) is 4.45. The van der Waals surface area contributed by atoms with Crippen LogP contribution in [0.5, 0.6) is 11.5 Å². The Morgan fingerprint density at radius 2 is 1.76 bits per heavy atom. The minimum atomic E-state index is -0.750. The van der Waals surface area contributed by atoms with Crippen LogP contribution in [0.3, 0.4) is 0 Å². The number of phenolic OH excluding ortho intramolecular Hbond substituents is 1. The Labute approximate surface area is 200 Å². The summed E-state index contributed by atoms with van der Waals surface area (Å²) in [5, 5.41) is 9.64. The van der Waals surface area contributed by atoms with E-state index in [0.29, 0.717) is 19.5 Å². The summed E-state index contributed by atoms with van der Waals surface area (Å²) in [5.41, 5.74) is 3.22. The van der Waals surface area contributed by atoms with E-state index < -0.39 is 23.7 Å². The molecule has 0 bridgehead atoms. The maximum atomic E-state index is 12.9. The molecule has 2 heterocycles. The number of aromatic hydroxyl groups is 1. The monoisotopic (exact) mass is 468 g/mol. The Hall–Kier alpha value is -3.26. The highest BCUT2D eigenvalue weighted by atomic mass is 16.6. The summed E-state index contributed by atoms with van der Waals surface area (Å²) < 4.78 is 17.0. The van der Waals surface area contributed by atoms with Crippen LogP contribution < -0.4 is 4.74 Å². The number of amides is 1. The van der Waals surface area contributed by atoms with Gasteiger partial charge in [0, 0.05) is 25.1 Å². The number of methoxy groups -OCH3 is 1. The summed E-state index contributed by atoms with van der Waals surface area (Å²) in [5.74, 6) is 0.497. The number of hydrogen-bond donors (Lipinski definition) is 1. The molecule has 0 saturated carbocycles. The molecule has 0 aromatic heterocycles. The molecule has 0 radical (unpaired) electrons. The van der Waals surface area contributed by atoms with E-state index in [1.165, 1.54) is 12.0 Å². The molecule has 34 heavy (non-hydrogen) atoms. The summed E-state index contributed by atoms with van der Waals surface area (Å²) in [6, 6.07) is 10.3. The van der Waals surface area contributed by atoms with Crippen molar-refractivity contribution in [2.45, 2.75) is 58.0 Å². The van der Waals surface area contributed by atoms with Crippen LogP contribution in [0.1, 0.15) is 49.1 Å². The average molecular weight is 469 g/mol. The van der Waals surface area contributed by atoms with E-state index in [1.54, 1.807) is 32.9 Å². The maximum Gasteiger partial charge on any atom is 0.411 e. The van der Waals surface area contributed by atoms with Gasteiger partial charge < -0.3 is 19.3 Å². The van der Waals surface area contributed by atoms with Gasteiger partial charge in [0.05, 0.1) is 13.7 Å². The molecule has 8 heteroatoms. The zero-order valence-corrected chi connectivity index (χ0v) is 20.3. The van der Waals surface area contributed by atoms with Gasteiger partial charge in [0.2, 0.25) is 0 Å². The van der Waals surface area contributed by atoms with Crippen LogP contribution in [-0.4, -0.2) is 59.3 Å². The first kappa shape index (κ1) is 23.9. The molecule has 0 saturated heterocycles. The maximum absolute atomic E-state index is 12.9. The van der Waals surface area contributed by atoms with Crippen molar-refractivity contribution in [2.75, 3.05) is 20.7 Å². The third-order valence-corrected chi connectivity index (χ3v) is 6.07. The lowest BCUT2D eigenvalue weighted by molar-refractivity contribution is -0.147. The number of hydrogen-bond acceptors (Lipinski definition) is 7. The van der Waals surface area contributed by atoms with Gasteiger partial charge in [0.1, 0.15) is 29.2 Å². The van der Waals surface area contributed by atoms with Crippen LogP contribution in [0.4, 0.5) is 4.79 Å². The first-order valence-electron chi connectivity index (χ1n) is 11.4. The van der Waals surface area contributed by atoms with Gasteiger partial charge in [0.25, 0.3) is 0 Å². The van der Waals surface area contributed by atoms with E-state index >= 15 is 0 Å². The predicted octanol–water partition coefficient (Wildman–Crippen LogP) is 3.79. The van der Waals surface area contributed by atoms with Crippen molar-refractivity contribution in [3.63, 3.8) is 0 Å². The molecule has 2 atom stereocenters.